The van der Waals surface area contributed by atoms with Crippen LogP contribution in [0.2, 0.25) is 0 Å². The maximum Gasteiger partial charge on any atom is 0.337 e. The van der Waals surface area contributed by atoms with E-state index < -0.39 is 21.9 Å². The molecule has 154 valence electrons. The topological polar surface area (TPSA) is 92.8 Å². The lowest BCUT2D eigenvalue weighted by molar-refractivity contribution is 0.0600. The van der Waals surface area contributed by atoms with Crippen molar-refractivity contribution < 1.29 is 22.7 Å². The summed E-state index contributed by atoms with van der Waals surface area (Å²) in [5.41, 5.74) is 1.35. The zero-order valence-corrected chi connectivity index (χ0v) is 17.2. The number of hydrogen-bond acceptors (Lipinski definition) is 5. The van der Waals surface area contributed by atoms with Crippen molar-refractivity contribution in [2.75, 3.05) is 23.8 Å². The number of carbonyl (C=O) groups excluding carboxylic acids is 2. The normalized spacial score (nSPS) is 10.9. The van der Waals surface area contributed by atoms with Crippen molar-refractivity contribution in [2.45, 2.75) is 4.90 Å². The van der Waals surface area contributed by atoms with Gasteiger partial charge in [0.05, 0.1) is 23.3 Å². The quantitative estimate of drug-likeness (QED) is 0.611. The number of hydrogen-bond donors (Lipinski definition) is 1. The van der Waals surface area contributed by atoms with Gasteiger partial charge in [0.25, 0.3) is 15.9 Å². The third kappa shape index (κ3) is 4.49. The Labute approximate surface area is 175 Å². The van der Waals surface area contributed by atoms with Gasteiger partial charge in [0.1, 0.15) is 0 Å². The molecule has 0 bridgehead atoms. The Morgan fingerprint density at radius 2 is 1.53 bits per heavy atom. The fourth-order valence-corrected chi connectivity index (χ4v) is 4.02. The monoisotopic (exact) mass is 424 g/mol. The number of para-hydroxylation sites is 1. The highest BCUT2D eigenvalue weighted by atomic mass is 32.2. The Bertz CT molecular complexity index is 1180. The molecular weight excluding hydrogens is 404 g/mol. The molecule has 1 N–H and O–H groups in total. The predicted octanol–water partition coefficient (Wildman–Crippen LogP) is 3.55. The van der Waals surface area contributed by atoms with Crippen molar-refractivity contribution >= 4 is 33.3 Å². The summed E-state index contributed by atoms with van der Waals surface area (Å²) in [5.74, 6) is -1.03. The summed E-state index contributed by atoms with van der Waals surface area (Å²) in [5, 5.41) is 2.66. The minimum absolute atomic E-state index is 0.00943. The van der Waals surface area contributed by atoms with E-state index in [4.69, 9.17) is 0 Å². The molecular formula is C22H20N2O5S. The maximum atomic E-state index is 13.0. The fraction of sp³-hybridized carbons (Fsp3) is 0.0909. The van der Waals surface area contributed by atoms with E-state index in [0.29, 0.717) is 11.4 Å². The molecule has 0 aliphatic carbocycles. The SMILES string of the molecule is COC(=O)c1cccc(NC(=O)c2cccc(S(=O)(=O)N(C)c3ccccc3)c2)c1. The highest BCUT2D eigenvalue weighted by molar-refractivity contribution is 7.92. The minimum atomic E-state index is -3.85. The summed E-state index contributed by atoms with van der Waals surface area (Å²) in [4.78, 5) is 24.3. The van der Waals surface area contributed by atoms with E-state index in [9.17, 15) is 18.0 Å². The largest absolute Gasteiger partial charge is 0.465 e. The average Bonchev–Trinajstić information content (AvgIpc) is 2.78. The van der Waals surface area contributed by atoms with Crippen LogP contribution in [0.3, 0.4) is 0 Å². The smallest absolute Gasteiger partial charge is 0.337 e. The van der Waals surface area contributed by atoms with Gasteiger partial charge in [-0.05, 0) is 48.5 Å². The molecule has 0 saturated heterocycles. The number of nitrogens with zero attached hydrogens (tertiary/aromatic N) is 1. The van der Waals surface area contributed by atoms with Gasteiger partial charge in [0, 0.05) is 18.3 Å². The number of carbonyl (C=O) groups is 2. The van der Waals surface area contributed by atoms with Crippen molar-refractivity contribution in [1.29, 1.82) is 0 Å². The van der Waals surface area contributed by atoms with Crippen LogP contribution in [0, 0.1) is 0 Å². The number of anilines is 2. The van der Waals surface area contributed by atoms with Crippen LogP contribution in [0.4, 0.5) is 11.4 Å². The van der Waals surface area contributed by atoms with Gasteiger partial charge in [0.15, 0.2) is 0 Å². The molecule has 0 aromatic heterocycles. The van der Waals surface area contributed by atoms with Gasteiger partial charge in [-0.1, -0.05) is 30.3 Å². The highest BCUT2D eigenvalue weighted by Crippen LogP contribution is 2.23. The molecule has 1 amide bonds. The van der Waals surface area contributed by atoms with Crippen molar-refractivity contribution in [3.8, 4) is 0 Å². The molecule has 3 aromatic rings. The van der Waals surface area contributed by atoms with E-state index in [-0.39, 0.29) is 16.0 Å². The Morgan fingerprint density at radius 3 is 2.23 bits per heavy atom. The number of methoxy groups -OCH3 is 1. The molecule has 0 fully saturated rings. The number of sulfonamides is 1. The van der Waals surface area contributed by atoms with E-state index in [1.807, 2.05) is 0 Å². The minimum Gasteiger partial charge on any atom is -0.465 e. The van der Waals surface area contributed by atoms with Crippen LogP contribution in [-0.4, -0.2) is 34.5 Å². The first kappa shape index (κ1) is 21.1. The number of amides is 1. The second-order valence-electron chi connectivity index (χ2n) is 6.36. The highest BCUT2D eigenvalue weighted by Gasteiger charge is 2.22. The lowest BCUT2D eigenvalue weighted by atomic mass is 10.1. The molecule has 0 atom stereocenters. The van der Waals surface area contributed by atoms with E-state index in [2.05, 4.69) is 10.1 Å². The second-order valence-corrected chi connectivity index (χ2v) is 8.33. The molecule has 7 nitrogen and oxygen atoms in total. The van der Waals surface area contributed by atoms with E-state index in [1.54, 1.807) is 48.5 Å². The van der Waals surface area contributed by atoms with Crippen LogP contribution >= 0.6 is 0 Å². The average molecular weight is 424 g/mol. The Balaban J connectivity index is 1.85. The number of ether oxygens (including phenoxy) is 1. The van der Waals surface area contributed by atoms with Crippen molar-refractivity contribution in [2.24, 2.45) is 0 Å². The fourth-order valence-electron chi connectivity index (χ4n) is 2.78. The van der Waals surface area contributed by atoms with Gasteiger partial charge in [-0.3, -0.25) is 9.10 Å². The third-order valence-corrected chi connectivity index (χ3v) is 6.20. The Kier molecular flexibility index (Phi) is 6.17. The summed E-state index contributed by atoms with van der Waals surface area (Å²) in [7, 11) is -1.13. The Hall–Kier alpha value is -3.65. The number of benzene rings is 3. The first-order chi connectivity index (χ1) is 14.3. The molecule has 30 heavy (non-hydrogen) atoms. The zero-order valence-electron chi connectivity index (χ0n) is 16.4. The van der Waals surface area contributed by atoms with Gasteiger partial charge < -0.3 is 10.1 Å². The molecule has 8 heteroatoms. The molecule has 0 aliphatic heterocycles. The molecule has 0 aliphatic rings. The number of nitrogens with one attached hydrogen (secondary N) is 1. The predicted molar refractivity (Wildman–Crippen MR) is 114 cm³/mol. The lowest BCUT2D eigenvalue weighted by Gasteiger charge is -2.19. The van der Waals surface area contributed by atoms with Crippen LogP contribution in [0.15, 0.2) is 83.8 Å². The van der Waals surface area contributed by atoms with Gasteiger partial charge >= 0.3 is 5.97 Å². The standard InChI is InChI=1S/C22H20N2O5S/c1-24(19-11-4-3-5-12-19)30(27,28)20-13-7-8-16(15-20)21(25)23-18-10-6-9-17(14-18)22(26)29-2/h3-15H,1-2H3,(H,23,25). The number of rotatable bonds is 6. The van der Waals surface area contributed by atoms with Crippen LogP contribution in [0.25, 0.3) is 0 Å². The summed E-state index contributed by atoms with van der Waals surface area (Å²) in [6, 6.07) is 20.7. The van der Waals surface area contributed by atoms with Crippen LogP contribution in [0.1, 0.15) is 20.7 Å². The van der Waals surface area contributed by atoms with Gasteiger partial charge in [0.2, 0.25) is 0 Å². The third-order valence-electron chi connectivity index (χ3n) is 4.42. The zero-order chi connectivity index (χ0) is 21.7. The maximum absolute atomic E-state index is 13.0. The van der Waals surface area contributed by atoms with E-state index in [1.165, 1.54) is 44.5 Å². The summed E-state index contributed by atoms with van der Waals surface area (Å²) >= 11 is 0. The summed E-state index contributed by atoms with van der Waals surface area (Å²) < 4.78 is 31.7. The van der Waals surface area contributed by atoms with Crippen molar-refractivity contribution in [3.63, 3.8) is 0 Å². The number of esters is 1. The van der Waals surface area contributed by atoms with Gasteiger partial charge in [-0.2, -0.15) is 0 Å². The van der Waals surface area contributed by atoms with Crippen molar-refractivity contribution in [1.82, 2.24) is 0 Å². The second kappa shape index (κ2) is 8.79. The molecule has 0 heterocycles. The van der Waals surface area contributed by atoms with Crippen LogP contribution in [0.5, 0.6) is 0 Å². The molecule has 0 radical (unpaired) electrons. The Morgan fingerprint density at radius 1 is 0.867 bits per heavy atom. The van der Waals surface area contributed by atoms with Crippen LogP contribution in [-0.2, 0) is 14.8 Å². The molecule has 3 aromatic carbocycles. The summed E-state index contributed by atoms with van der Waals surface area (Å²) in [6.07, 6.45) is 0. The lowest BCUT2D eigenvalue weighted by Crippen LogP contribution is -2.26. The van der Waals surface area contributed by atoms with Crippen LogP contribution < -0.4 is 9.62 Å². The van der Waals surface area contributed by atoms with E-state index in [0.717, 1.165) is 4.31 Å². The first-order valence-electron chi connectivity index (χ1n) is 8.96. The van der Waals surface area contributed by atoms with Gasteiger partial charge in [-0.25, -0.2) is 13.2 Å². The molecule has 0 saturated carbocycles. The summed E-state index contributed by atoms with van der Waals surface area (Å²) in [6.45, 7) is 0. The molecule has 3 rings (SSSR count). The van der Waals surface area contributed by atoms with Gasteiger partial charge in [-0.15, -0.1) is 0 Å². The van der Waals surface area contributed by atoms with E-state index >= 15 is 0 Å². The molecule has 0 unspecified atom stereocenters. The van der Waals surface area contributed by atoms with Crippen molar-refractivity contribution in [3.05, 3.63) is 90.0 Å². The first-order valence-corrected chi connectivity index (χ1v) is 10.4. The molecule has 0 spiro atoms.